The number of anilines is 1. The fourth-order valence-electron chi connectivity index (χ4n) is 4.63. The van der Waals surface area contributed by atoms with Gasteiger partial charge in [-0.3, -0.25) is 0 Å². The number of halogens is 2. The number of nitrogens with zero attached hydrogens (tertiary/aromatic N) is 1. The molecule has 1 fully saturated rings. The summed E-state index contributed by atoms with van der Waals surface area (Å²) in [5.74, 6) is -0.809. The van der Waals surface area contributed by atoms with Gasteiger partial charge in [-0.25, -0.2) is 9.18 Å². The number of esters is 1. The lowest BCUT2D eigenvalue weighted by atomic mass is 9.76. The minimum Gasteiger partial charge on any atom is -0.425 e. The van der Waals surface area contributed by atoms with Gasteiger partial charge in [0, 0.05) is 11.2 Å². The Morgan fingerprint density at radius 1 is 1.38 bits per heavy atom. The number of cyclic esters (lactones) is 1. The third kappa shape index (κ3) is 2.18. The first-order chi connectivity index (χ1) is 11.4. The van der Waals surface area contributed by atoms with Crippen molar-refractivity contribution in [1.82, 2.24) is 0 Å². The lowest BCUT2D eigenvalue weighted by Gasteiger charge is -2.50. The topological polar surface area (TPSA) is 49.8 Å². The number of aliphatic hydroxyl groups excluding tert-OH is 1. The molecule has 0 amide bonds. The van der Waals surface area contributed by atoms with Crippen LogP contribution in [0.4, 0.5) is 10.1 Å². The van der Waals surface area contributed by atoms with Crippen molar-refractivity contribution in [2.45, 2.75) is 56.8 Å². The van der Waals surface area contributed by atoms with Crippen molar-refractivity contribution >= 4 is 23.3 Å². The van der Waals surface area contributed by atoms with Gasteiger partial charge in [-0.05, 0) is 48.9 Å². The molecule has 0 radical (unpaired) electrons. The van der Waals surface area contributed by atoms with Crippen LogP contribution in [0.3, 0.4) is 0 Å². The van der Waals surface area contributed by atoms with Crippen LogP contribution in [0.25, 0.3) is 0 Å². The van der Waals surface area contributed by atoms with Gasteiger partial charge in [0.2, 0.25) is 6.29 Å². The lowest BCUT2D eigenvalue weighted by Crippen LogP contribution is -2.52. The van der Waals surface area contributed by atoms with E-state index in [0.29, 0.717) is 5.70 Å². The van der Waals surface area contributed by atoms with Gasteiger partial charge >= 0.3 is 5.97 Å². The Hall–Kier alpha value is -1.59. The number of ether oxygens (including phenoxy) is 1. The van der Waals surface area contributed by atoms with Crippen LogP contribution in [0.5, 0.6) is 0 Å². The van der Waals surface area contributed by atoms with Crippen molar-refractivity contribution in [3.8, 4) is 0 Å². The highest BCUT2D eigenvalue weighted by Gasteiger charge is 2.50. The number of rotatable bonds is 1. The molecule has 3 aliphatic rings. The molecule has 4 rings (SSSR count). The summed E-state index contributed by atoms with van der Waals surface area (Å²) in [4.78, 5) is 13.8. The van der Waals surface area contributed by atoms with E-state index >= 15 is 0 Å². The summed E-state index contributed by atoms with van der Waals surface area (Å²) >= 11 is 6.18. The van der Waals surface area contributed by atoms with E-state index in [9.17, 15) is 14.3 Å². The van der Waals surface area contributed by atoms with Gasteiger partial charge < -0.3 is 14.7 Å². The molecule has 1 aliphatic carbocycles. The van der Waals surface area contributed by atoms with Crippen LogP contribution in [0.2, 0.25) is 0 Å². The highest BCUT2D eigenvalue weighted by Crippen LogP contribution is 2.53. The van der Waals surface area contributed by atoms with E-state index < -0.39 is 12.3 Å². The third-order valence-corrected chi connectivity index (χ3v) is 5.90. The van der Waals surface area contributed by atoms with Crippen molar-refractivity contribution in [1.29, 1.82) is 0 Å². The highest BCUT2D eigenvalue weighted by molar-refractivity contribution is 6.42. The van der Waals surface area contributed by atoms with Crippen molar-refractivity contribution in [3.05, 3.63) is 40.3 Å². The first kappa shape index (κ1) is 15.9. The molecule has 2 atom stereocenters. The number of carbonyl (C=O) groups excluding carboxylic acids is 1. The maximum absolute atomic E-state index is 13.8. The predicted octanol–water partition coefficient (Wildman–Crippen LogP) is 3.78. The minimum absolute atomic E-state index is 0.0846. The van der Waals surface area contributed by atoms with Gasteiger partial charge in [0.15, 0.2) is 5.03 Å². The molecule has 6 heteroatoms. The van der Waals surface area contributed by atoms with Crippen molar-refractivity contribution < 1.29 is 19.0 Å². The molecular formula is C18H19ClFNO3. The molecule has 1 saturated carbocycles. The second kappa shape index (κ2) is 5.46. The molecule has 24 heavy (non-hydrogen) atoms. The Kier molecular flexibility index (Phi) is 3.62. The van der Waals surface area contributed by atoms with Crippen LogP contribution in [-0.2, 0) is 9.53 Å². The Balaban J connectivity index is 1.94. The predicted molar refractivity (Wildman–Crippen MR) is 88.1 cm³/mol. The molecule has 1 N–H and O–H groups in total. The standard InChI is InChI=1S/C18H19ClFNO3/c1-10-9-18(6-2-3-7-18)21(13-5-4-11(20)8-12(10)13)15-14(19)16(22)24-17(15)23/h4-5,8,10,17,23H,2-3,6-7,9H2,1H3. The molecule has 1 spiro atoms. The summed E-state index contributed by atoms with van der Waals surface area (Å²) in [6, 6.07) is 4.66. The Bertz CT molecular complexity index is 742. The molecule has 1 aromatic rings. The zero-order chi connectivity index (χ0) is 17.1. The zero-order valence-electron chi connectivity index (χ0n) is 13.4. The van der Waals surface area contributed by atoms with Crippen LogP contribution in [0, 0.1) is 5.82 Å². The summed E-state index contributed by atoms with van der Waals surface area (Å²) in [6.07, 6.45) is 3.50. The summed E-state index contributed by atoms with van der Waals surface area (Å²) in [5, 5.41) is 10.2. The monoisotopic (exact) mass is 351 g/mol. The molecule has 2 aliphatic heterocycles. The van der Waals surface area contributed by atoms with Gasteiger partial charge in [0.1, 0.15) is 11.5 Å². The SMILES string of the molecule is CC1CC2(CCCC2)N(C2=C(Cl)C(=O)OC2O)c2ccc(F)cc21. The van der Waals surface area contributed by atoms with E-state index in [0.717, 1.165) is 43.4 Å². The first-order valence-corrected chi connectivity index (χ1v) is 8.69. The fourth-order valence-corrected chi connectivity index (χ4v) is 4.85. The number of hydrogen-bond donors (Lipinski definition) is 1. The summed E-state index contributed by atoms with van der Waals surface area (Å²) < 4.78 is 18.7. The Morgan fingerprint density at radius 2 is 2.08 bits per heavy atom. The largest absolute Gasteiger partial charge is 0.425 e. The summed E-state index contributed by atoms with van der Waals surface area (Å²) in [5.41, 5.74) is 1.76. The van der Waals surface area contributed by atoms with E-state index in [1.54, 1.807) is 6.07 Å². The molecule has 128 valence electrons. The lowest BCUT2D eigenvalue weighted by molar-refractivity contribution is -0.151. The van der Waals surface area contributed by atoms with Gasteiger partial charge in [-0.15, -0.1) is 0 Å². The van der Waals surface area contributed by atoms with Crippen LogP contribution >= 0.6 is 11.6 Å². The van der Waals surface area contributed by atoms with Crippen LogP contribution in [0.1, 0.15) is 50.5 Å². The molecule has 4 nitrogen and oxygen atoms in total. The summed E-state index contributed by atoms with van der Waals surface area (Å²) in [6.45, 7) is 2.10. The first-order valence-electron chi connectivity index (χ1n) is 8.31. The number of hydrogen-bond acceptors (Lipinski definition) is 4. The normalized spacial score (nSPS) is 28.5. The average Bonchev–Trinajstić information content (AvgIpc) is 3.08. The zero-order valence-corrected chi connectivity index (χ0v) is 14.1. The molecule has 2 heterocycles. The van der Waals surface area contributed by atoms with Crippen LogP contribution in [0.15, 0.2) is 28.9 Å². The second-order valence-corrected chi connectivity index (χ2v) is 7.41. The number of benzene rings is 1. The van der Waals surface area contributed by atoms with E-state index in [-0.39, 0.29) is 22.3 Å². The molecule has 0 saturated heterocycles. The van der Waals surface area contributed by atoms with Gasteiger partial charge in [-0.1, -0.05) is 31.4 Å². The minimum atomic E-state index is -1.38. The van der Waals surface area contributed by atoms with E-state index in [1.807, 2.05) is 4.90 Å². The smallest absolute Gasteiger partial charge is 0.354 e. The molecule has 0 bridgehead atoms. The Labute approximate surface area is 144 Å². The quantitative estimate of drug-likeness (QED) is 0.782. The second-order valence-electron chi connectivity index (χ2n) is 7.03. The average molecular weight is 352 g/mol. The van der Waals surface area contributed by atoms with Crippen LogP contribution < -0.4 is 4.90 Å². The Morgan fingerprint density at radius 3 is 2.71 bits per heavy atom. The number of carbonyl (C=O) groups is 1. The van der Waals surface area contributed by atoms with E-state index in [4.69, 9.17) is 16.3 Å². The van der Waals surface area contributed by atoms with E-state index in [1.165, 1.54) is 12.1 Å². The maximum atomic E-state index is 13.8. The number of aliphatic hydroxyl groups is 1. The fraction of sp³-hybridized carbons (Fsp3) is 0.500. The molecule has 2 unspecified atom stereocenters. The molecular weight excluding hydrogens is 333 g/mol. The van der Waals surface area contributed by atoms with Crippen molar-refractivity contribution in [2.24, 2.45) is 0 Å². The number of fused-ring (bicyclic) bond motifs is 1. The summed E-state index contributed by atoms with van der Waals surface area (Å²) in [7, 11) is 0. The van der Waals surface area contributed by atoms with Crippen LogP contribution in [-0.4, -0.2) is 22.9 Å². The molecule has 1 aromatic carbocycles. The van der Waals surface area contributed by atoms with E-state index in [2.05, 4.69) is 6.92 Å². The maximum Gasteiger partial charge on any atom is 0.354 e. The van der Waals surface area contributed by atoms with Crippen molar-refractivity contribution in [3.63, 3.8) is 0 Å². The highest BCUT2D eigenvalue weighted by atomic mass is 35.5. The third-order valence-electron chi connectivity index (χ3n) is 5.55. The molecule has 0 aromatic heterocycles. The van der Waals surface area contributed by atoms with Crippen molar-refractivity contribution in [2.75, 3.05) is 4.90 Å². The van der Waals surface area contributed by atoms with Gasteiger partial charge in [0.25, 0.3) is 0 Å². The van der Waals surface area contributed by atoms with Gasteiger partial charge in [0.05, 0.1) is 0 Å². The van der Waals surface area contributed by atoms with Gasteiger partial charge in [-0.2, -0.15) is 0 Å².